The van der Waals surface area contributed by atoms with E-state index < -0.39 is 0 Å². The number of carbonyl (C=O) groups excluding carboxylic acids is 1. The minimum atomic E-state index is -0.215. The van der Waals surface area contributed by atoms with Crippen molar-refractivity contribution in [2.24, 2.45) is 5.73 Å². The van der Waals surface area contributed by atoms with Crippen LogP contribution >= 0.6 is 0 Å². The number of carbonyl (C=O) groups is 1. The van der Waals surface area contributed by atoms with E-state index >= 15 is 0 Å². The van der Waals surface area contributed by atoms with E-state index in [4.69, 9.17) is 10.2 Å². The third-order valence-corrected chi connectivity index (χ3v) is 2.84. The van der Waals surface area contributed by atoms with Gasteiger partial charge in [0.2, 0.25) is 5.76 Å². The standard InChI is InChI=1S/C10H15N3O2/c1-6-9(15-5-12-6)10(14)13-8-4-2-3-7(8)11/h5,7-8H,2-4,11H2,1H3,(H,13,14). The Hall–Kier alpha value is -1.36. The van der Waals surface area contributed by atoms with Crippen molar-refractivity contribution < 1.29 is 9.21 Å². The zero-order valence-electron chi connectivity index (χ0n) is 8.69. The Kier molecular flexibility index (Phi) is 2.73. The van der Waals surface area contributed by atoms with E-state index in [9.17, 15) is 4.79 Å². The first kappa shape index (κ1) is 10.2. The van der Waals surface area contributed by atoms with Gasteiger partial charge in [-0.1, -0.05) is 0 Å². The first-order valence-electron chi connectivity index (χ1n) is 5.15. The molecule has 1 amide bonds. The molecular weight excluding hydrogens is 194 g/mol. The Labute approximate surface area is 88.0 Å². The first-order valence-corrected chi connectivity index (χ1v) is 5.15. The van der Waals surface area contributed by atoms with E-state index in [2.05, 4.69) is 10.3 Å². The number of hydrogen-bond acceptors (Lipinski definition) is 4. The highest BCUT2D eigenvalue weighted by Gasteiger charge is 2.27. The van der Waals surface area contributed by atoms with Crippen molar-refractivity contribution in [3.05, 3.63) is 17.8 Å². The smallest absolute Gasteiger partial charge is 0.289 e. The van der Waals surface area contributed by atoms with Crippen molar-refractivity contribution in [2.45, 2.75) is 38.3 Å². The molecule has 2 rings (SSSR count). The zero-order valence-corrected chi connectivity index (χ0v) is 8.69. The van der Waals surface area contributed by atoms with Crippen LogP contribution < -0.4 is 11.1 Å². The van der Waals surface area contributed by atoms with Crippen LogP contribution in [0.5, 0.6) is 0 Å². The minimum Gasteiger partial charge on any atom is -0.438 e. The van der Waals surface area contributed by atoms with Crippen molar-refractivity contribution in [3.8, 4) is 0 Å². The summed E-state index contributed by atoms with van der Waals surface area (Å²) < 4.78 is 5.01. The Bertz CT molecular complexity index is 361. The summed E-state index contributed by atoms with van der Waals surface area (Å²) in [5.74, 6) is 0.0708. The lowest BCUT2D eigenvalue weighted by atomic mass is 10.2. The van der Waals surface area contributed by atoms with Crippen LogP contribution in [0, 0.1) is 6.92 Å². The molecule has 1 heterocycles. The minimum absolute atomic E-state index is 0.0668. The lowest BCUT2D eigenvalue weighted by molar-refractivity contribution is 0.0905. The number of aryl methyl sites for hydroxylation is 1. The van der Waals surface area contributed by atoms with Gasteiger partial charge in [0.15, 0.2) is 6.39 Å². The van der Waals surface area contributed by atoms with E-state index in [1.165, 1.54) is 6.39 Å². The molecule has 1 fully saturated rings. The van der Waals surface area contributed by atoms with Gasteiger partial charge in [-0.3, -0.25) is 4.79 Å². The fourth-order valence-corrected chi connectivity index (χ4v) is 1.92. The Morgan fingerprint density at radius 2 is 2.47 bits per heavy atom. The molecule has 5 nitrogen and oxygen atoms in total. The van der Waals surface area contributed by atoms with Gasteiger partial charge >= 0.3 is 0 Å². The maximum absolute atomic E-state index is 11.7. The highest BCUT2D eigenvalue weighted by Crippen LogP contribution is 2.17. The topological polar surface area (TPSA) is 81.2 Å². The molecule has 3 N–H and O–H groups in total. The van der Waals surface area contributed by atoms with Crippen LogP contribution in [-0.2, 0) is 0 Å². The Balaban J connectivity index is 2.01. The normalized spacial score (nSPS) is 25.5. The van der Waals surface area contributed by atoms with Crippen molar-refractivity contribution in [1.82, 2.24) is 10.3 Å². The molecule has 82 valence electrons. The van der Waals surface area contributed by atoms with Gasteiger partial charge in [0.25, 0.3) is 5.91 Å². The molecule has 0 spiro atoms. The molecule has 5 heteroatoms. The highest BCUT2D eigenvalue weighted by molar-refractivity contribution is 5.92. The summed E-state index contributed by atoms with van der Waals surface area (Å²) in [6, 6.07) is 0.138. The fraction of sp³-hybridized carbons (Fsp3) is 0.600. The molecule has 1 aliphatic rings. The Morgan fingerprint density at radius 1 is 1.67 bits per heavy atom. The van der Waals surface area contributed by atoms with Gasteiger partial charge in [-0.15, -0.1) is 0 Å². The van der Waals surface area contributed by atoms with Crippen LogP contribution in [0.2, 0.25) is 0 Å². The van der Waals surface area contributed by atoms with Crippen molar-refractivity contribution in [1.29, 1.82) is 0 Å². The van der Waals surface area contributed by atoms with Crippen LogP contribution in [0.4, 0.5) is 0 Å². The van der Waals surface area contributed by atoms with Crippen LogP contribution in [0.25, 0.3) is 0 Å². The first-order chi connectivity index (χ1) is 7.18. The summed E-state index contributed by atoms with van der Waals surface area (Å²) in [6.07, 6.45) is 4.26. The van der Waals surface area contributed by atoms with Gasteiger partial charge < -0.3 is 15.5 Å². The second-order valence-electron chi connectivity index (χ2n) is 3.94. The number of hydrogen-bond donors (Lipinski definition) is 2. The summed E-state index contributed by atoms with van der Waals surface area (Å²) in [4.78, 5) is 15.6. The lowest BCUT2D eigenvalue weighted by Crippen LogP contribution is -2.44. The number of rotatable bonds is 2. The number of nitrogens with zero attached hydrogens (tertiary/aromatic N) is 1. The van der Waals surface area contributed by atoms with E-state index in [0.29, 0.717) is 5.69 Å². The molecular formula is C10H15N3O2. The van der Waals surface area contributed by atoms with Gasteiger partial charge in [-0.25, -0.2) is 4.98 Å². The van der Waals surface area contributed by atoms with Crippen LogP contribution in [0.1, 0.15) is 35.5 Å². The average Bonchev–Trinajstić information content (AvgIpc) is 2.76. The second kappa shape index (κ2) is 4.02. The number of nitrogens with one attached hydrogen (secondary N) is 1. The molecule has 2 unspecified atom stereocenters. The lowest BCUT2D eigenvalue weighted by Gasteiger charge is -2.16. The van der Waals surface area contributed by atoms with E-state index in [-0.39, 0.29) is 23.8 Å². The van der Waals surface area contributed by atoms with Gasteiger partial charge in [-0.05, 0) is 26.2 Å². The average molecular weight is 209 g/mol. The van der Waals surface area contributed by atoms with E-state index in [1.54, 1.807) is 6.92 Å². The SMILES string of the molecule is Cc1ncoc1C(=O)NC1CCCC1N. The van der Waals surface area contributed by atoms with Crippen molar-refractivity contribution >= 4 is 5.91 Å². The predicted octanol–water partition coefficient (Wildman–Crippen LogP) is 0.593. The van der Waals surface area contributed by atoms with Crippen LogP contribution in [0.15, 0.2) is 10.8 Å². The summed E-state index contributed by atoms with van der Waals surface area (Å²) in [7, 11) is 0. The van der Waals surface area contributed by atoms with Gasteiger partial charge in [-0.2, -0.15) is 0 Å². The third-order valence-electron chi connectivity index (χ3n) is 2.84. The quantitative estimate of drug-likeness (QED) is 0.747. The molecule has 0 bridgehead atoms. The summed E-state index contributed by atoms with van der Waals surface area (Å²) in [5, 5.41) is 2.87. The zero-order chi connectivity index (χ0) is 10.8. The van der Waals surface area contributed by atoms with Gasteiger partial charge in [0, 0.05) is 12.1 Å². The predicted molar refractivity (Wildman–Crippen MR) is 54.3 cm³/mol. The van der Waals surface area contributed by atoms with Gasteiger partial charge in [0.05, 0.1) is 5.69 Å². The Morgan fingerprint density at radius 3 is 3.00 bits per heavy atom. The second-order valence-corrected chi connectivity index (χ2v) is 3.94. The van der Waals surface area contributed by atoms with Crippen molar-refractivity contribution in [2.75, 3.05) is 0 Å². The van der Waals surface area contributed by atoms with Gasteiger partial charge in [0.1, 0.15) is 0 Å². The number of oxazole rings is 1. The third kappa shape index (κ3) is 2.02. The molecule has 0 aliphatic heterocycles. The van der Waals surface area contributed by atoms with E-state index in [1.807, 2.05) is 0 Å². The maximum atomic E-state index is 11.7. The molecule has 0 saturated heterocycles. The summed E-state index contributed by atoms with van der Waals surface area (Å²) in [5.41, 5.74) is 6.47. The highest BCUT2D eigenvalue weighted by atomic mass is 16.3. The number of nitrogens with two attached hydrogens (primary N) is 1. The largest absolute Gasteiger partial charge is 0.438 e. The monoisotopic (exact) mass is 209 g/mol. The number of aromatic nitrogens is 1. The van der Waals surface area contributed by atoms with Crippen molar-refractivity contribution in [3.63, 3.8) is 0 Å². The maximum Gasteiger partial charge on any atom is 0.289 e. The summed E-state index contributed by atoms with van der Waals surface area (Å²) >= 11 is 0. The summed E-state index contributed by atoms with van der Waals surface area (Å²) in [6.45, 7) is 1.74. The molecule has 1 aliphatic carbocycles. The molecule has 1 aromatic rings. The molecule has 1 saturated carbocycles. The molecule has 0 radical (unpaired) electrons. The molecule has 0 aromatic carbocycles. The molecule has 2 atom stereocenters. The van der Waals surface area contributed by atoms with E-state index in [0.717, 1.165) is 19.3 Å². The van der Waals surface area contributed by atoms with Crippen LogP contribution in [0.3, 0.4) is 0 Å². The molecule has 1 aromatic heterocycles. The van der Waals surface area contributed by atoms with Crippen LogP contribution in [-0.4, -0.2) is 23.0 Å². The molecule has 15 heavy (non-hydrogen) atoms. The number of amides is 1. The fourth-order valence-electron chi connectivity index (χ4n) is 1.92.